The molecule has 9 heteroatoms. The van der Waals surface area contributed by atoms with Crippen LogP contribution in [-0.4, -0.2) is 51.4 Å². The molecule has 1 aliphatic rings. The summed E-state index contributed by atoms with van der Waals surface area (Å²) in [5.74, 6) is 0.703. The van der Waals surface area contributed by atoms with E-state index >= 15 is 0 Å². The fourth-order valence-corrected chi connectivity index (χ4v) is 6.05. The van der Waals surface area contributed by atoms with E-state index in [1.165, 1.54) is 11.3 Å². The summed E-state index contributed by atoms with van der Waals surface area (Å²) in [6.45, 7) is 0. The molecule has 1 N–H and O–H groups in total. The van der Waals surface area contributed by atoms with Crippen molar-refractivity contribution in [1.29, 1.82) is 0 Å². The Bertz CT molecular complexity index is 1380. The van der Waals surface area contributed by atoms with Crippen molar-refractivity contribution in [3.8, 4) is 11.5 Å². The Morgan fingerprint density at radius 3 is 2.71 bits per heavy atom. The third kappa shape index (κ3) is 4.88. The van der Waals surface area contributed by atoms with E-state index in [4.69, 9.17) is 4.98 Å². The maximum absolute atomic E-state index is 12.8. The van der Waals surface area contributed by atoms with E-state index in [0.29, 0.717) is 10.4 Å². The van der Waals surface area contributed by atoms with Crippen LogP contribution in [0.4, 0.5) is 0 Å². The van der Waals surface area contributed by atoms with Crippen LogP contribution >= 0.6 is 27.3 Å². The van der Waals surface area contributed by atoms with E-state index in [0.717, 1.165) is 52.0 Å². The van der Waals surface area contributed by atoms with Crippen molar-refractivity contribution in [2.45, 2.75) is 37.8 Å². The minimum atomic E-state index is -0.0542. The first-order valence-electron chi connectivity index (χ1n) is 11.6. The van der Waals surface area contributed by atoms with Gasteiger partial charge in [0.2, 0.25) is 0 Å². The number of carbonyl (C=O) groups excluding carboxylic acids is 2. The van der Waals surface area contributed by atoms with E-state index in [9.17, 15) is 9.59 Å². The van der Waals surface area contributed by atoms with Crippen LogP contribution in [-0.2, 0) is 0 Å². The predicted molar refractivity (Wildman–Crippen MR) is 142 cm³/mol. The molecule has 1 fully saturated rings. The van der Waals surface area contributed by atoms with Gasteiger partial charge in [-0.1, -0.05) is 6.07 Å². The molecule has 0 bridgehead atoms. The first-order chi connectivity index (χ1) is 16.9. The number of carbonyl (C=O) groups is 2. The van der Waals surface area contributed by atoms with Crippen molar-refractivity contribution in [3.05, 3.63) is 69.0 Å². The molecule has 2 amide bonds. The number of nitrogens with zero attached hydrogens (tertiary/aromatic N) is 4. The smallest absolute Gasteiger partial charge is 0.261 e. The number of hydrogen-bond donors (Lipinski definition) is 1. The number of amides is 2. The number of nitrogens with one attached hydrogen (secondary N) is 1. The molecule has 35 heavy (non-hydrogen) atoms. The monoisotopic (exact) mass is 551 g/mol. The van der Waals surface area contributed by atoms with Gasteiger partial charge in [-0.05, 0) is 84.1 Å². The van der Waals surface area contributed by atoms with Crippen LogP contribution in [0.1, 0.15) is 51.8 Å². The lowest BCUT2D eigenvalue weighted by Crippen LogP contribution is -2.38. The third-order valence-corrected chi connectivity index (χ3v) is 8.00. The fourth-order valence-electron chi connectivity index (χ4n) is 4.76. The molecule has 0 saturated heterocycles. The maximum Gasteiger partial charge on any atom is 0.261 e. The zero-order valence-corrected chi connectivity index (χ0v) is 22.0. The van der Waals surface area contributed by atoms with Crippen LogP contribution in [0.15, 0.2) is 58.5 Å². The van der Waals surface area contributed by atoms with E-state index in [1.54, 1.807) is 25.2 Å². The summed E-state index contributed by atoms with van der Waals surface area (Å²) < 4.78 is 3.20. The number of aromatic nitrogens is 3. The predicted octanol–water partition coefficient (Wildman–Crippen LogP) is 5.54. The number of pyridine rings is 1. The zero-order chi connectivity index (χ0) is 24.5. The Balaban J connectivity index is 1.50. The highest BCUT2D eigenvalue weighted by Crippen LogP contribution is 2.36. The lowest BCUT2D eigenvalue weighted by Gasteiger charge is -2.32. The zero-order valence-electron chi connectivity index (χ0n) is 19.6. The molecule has 4 aromatic rings. The molecule has 1 saturated carbocycles. The number of thiophene rings is 1. The van der Waals surface area contributed by atoms with Crippen LogP contribution < -0.4 is 5.32 Å². The minimum absolute atomic E-state index is 0.0290. The number of hydrogen-bond acceptors (Lipinski definition) is 5. The van der Waals surface area contributed by atoms with E-state index < -0.39 is 0 Å². The van der Waals surface area contributed by atoms with Gasteiger partial charge < -0.3 is 14.8 Å². The summed E-state index contributed by atoms with van der Waals surface area (Å²) in [5.41, 5.74) is 3.14. The molecule has 1 aromatic carbocycles. The van der Waals surface area contributed by atoms with Crippen LogP contribution in [0.3, 0.4) is 0 Å². The van der Waals surface area contributed by atoms with Crippen LogP contribution in [0.5, 0.6) is 0 Å². The SMILES string of the molecule is CN(C)C(=O)c1ccc2c(c1)nc(-c1ccccn1)n2[C@@H]1CCC[C@H](NC(=O)c2ccc(Br)s2)C1. The topological polar surface area (TPSA) is 80.1 Å². The van der Waals surface area contributed by atoms with Gasteiger partial charge in [-0.2, -0.15) is 0 Å². The second kappa shape index (κ2) is 9.91. The normalized spacial score (nSPS) is 17.9. The molecule has 1 aliphatic carbocycles. The number of fused-ring (bicyclic) bond motifs is 1. The highest BCUT2D eigenvalue weighted by atomic mass is 79.9. The molecule has 0 aliphatic heterocycles. The summed E-state index contributed by atoms with van der Waals surface area (Å²) in [5, 5.41) is 3.24. The molecule has 2 atom stereocenters. The molecular weight excluding hydrogens is 526 g/mol. The largest absolute Gasteiger partial charge is 0.349 e. The van der Waals surface area contributed by atoms with E-state index in [2.05, 4.69) is 30.8 Å². The molecule has 0 radical (unpaired) electrons. The van der Waals surface area contributed by atoms with E-state index in [1.807, 2.05) is 48.5 Å². The van der Waals surface area contributed by atoms with Crippen molar-refractivity contribution in [2.75, 3.05) is 14.1 Å². The van der Waals surface area contributed by atoms with Gasteiger partial charge in [0.15, 0.2) is 5.82 Å². The summed E-state index contributed by atoms with van der Waals surface area (Å²) in [6.07, 6.45) is 5.51. The molecule has 0 unspecified atom stereocenters. The Labute approximate surface area is 216 Å². The van der Waals surface area contributed by atoms with Crippen LogP contribution in [0.2, 0.25) is 0 Å². The minimum Gasteiger partial charge on any atom is -0.349 e. The van der Waals surface area contributed by atoms with Crippen molar-refractivity contribution in [1.82, 2.24) is 24.8 Å². The molecule has 3 heterocycles. The average molecular weight is 552 g/mol. The molecule has 3 aromatic heterocycles. The lowest BCUT2D eigenvalue weighted by atomic mass is 9.90. The van der Waals surface area contributed by atoms with Gasteiger partial charge in [-0.15, -0.1) is 11.3 Å². The number of halogens is 1. The number of benzene rings is 1. The number of imidazole rings is 1. The van der Waals surface area contributed by atoms with Crippen molar-refractivity contribution >= 4 is 50.1 Å². The van der Waals surface area contributed by atoms with Crippen LogP contribution in [0, 0.1) is 0 Å². The first kappa shape index (κ1) is 23.7. The average Bonchev–Trinajstić information content (AvgIpc) is 3.47. The number of rotatable bonds is 5. The summed E-state index contributed by atoms with van der Waals surface area (Å²) in [6, 6.07) is 15.5. The second-order valence-corrected chi connectivity index (χ2v) is 11.5. The van der Waals surface area contributed by atoms with Gasteiger partial charge in [-0.3, -0.25) is 14.6 Å². The standard InChI is InChI=1S/C26H26BrN5O2S/c1-31(2)26(34)16-9-10-21-20(14-16)30-24(19-8-3-4-13-28-19)32(21)18-7-5-6-17(15-18)29-25(33)22-11-12-23(27)35-22/h3-4,8-14,17-18H,5-7,15H2,1-2H3,(H,29,33)/t17-,18+/m0/s1. The lowest BCUT2D eigenvalue weighted by molar-refractivity contribution is 0.0827. The van der Waals surface area contributed by atoms with Gasteiger partial charge in [0.25, 0.3) is 11.8 Å². The van der Waals surface area contributed by atoms with Gasteiger partial charge >= 0.3 is 0 Å². The van der Waals surface area contributed by atoms with Gasteiger partial charge in [0.05, 0.1) is 19.7 Å². The van der Waals surface area contributed by atoms with Gasteiger partial charge in [0.1, 0.15) is 5.69 Å². The van der Waals surface area contributed by atoms with Crippen molar-refractivity contribution in [2.24, 2.45) is 0 Å². The summed E-state index contributed by atoms with van der Waals surface area (Å²) in [4.78, 5) is 37.1. The second-order valence-electron chi connectivity index (χ2n) is 9.02. The Hall–Kier alpha value is -3.04. The Morgan fingerprint density at radius 1 is 1.14 bits per heavy atom. The van der Waals surface area contributed by atoms with Crippen molar-refractivity contribution < 1.29 is 9.59 Å². The summed E-state index contributed by atoms with van der Waals surface area (Å²) >= 11 is 4.88. The molecule has 5 rings (SSSR count). The van der Waals surface area contributed by atoms with Crippen LogP contribution in [0.25, 0.3) is 22.6 Å². The van der Waals surface area contributed by atoms with Gasteiger partial charge in [0, 0.05) is 37.9 Å². The molecular formula is C26H26BrN5O2S. The maximum atomic E-state index is 12.8. The molecule has 180 valence electrons. The molecule has 0 spiro atoms. The van der Waals surface area contributed by atoms with E-state index in [-0.39, 0.29) is 23.9 Å². The highest BCUT2D eigenvalue weighted by molar-refractivity contribution is 9.11. The van der Waals surface area contributed by atoms with Gasteiger partial charge in [-0.25, -0.2) is 4.98 Å². The van der Waals surface area contributed by atoms with Crippen molar-refractivity contribution in [3.63, 3.8) is 0 Å². The third-order valence-electron chi connectivity index (χ3n) is 6.38. The molecule has 7 nitrogen and oxygen atoms in total. The fraction of sp³-hybridized carbons (Fsp3) is 0.308. The Kier molecular flexibility index (Phi) is 6.71. The Morgan fingerprint density at radius 2 is 2.00 bits per heavy atom. The first-order valence-corrected chi connectivity index (χ1v) is 13.2. The highest BCUT2D eigenvalue weighted by Gasteiger charge is 2.29. The summed E-state index contributed by atoms with van der Waals surface area (Å²) in [7, 11) is 3.49. The quantitative estimate of drug-likeness (QED) is 0.353.